The smallest absolute Gasteiger partial charge is 0.243 e. The van der Waals surface area contributed by atoms with E-state index >= 15 is 0 Å². The highest BCUT2D eigenvalue weighted by Crippen LogP contribution is 2.23. The van der Waals surface area contributed by atoms with Crippen LogP contribution in [-0.2, 0) is 20.8 Å². The van der Waals surface area contributed by atoms with Crippen molar-refractivity contribution in [2.45, 2.75) is 64.1 Å². The molecule has 0 bridgehead atoms. The van der Waals surface area contributed by atoms with E-state index < -0.39 is 24.1 Å². The average molecular weight is 483 g/mol. The van der Waals surface area contributed by atoms with Gasteiger partial charge < -0.3 is 26.4 Å². The molecule has 0 saturated carbocycles. The molecular formula is C27H38N4O4. The van der Waals surface area contributed by atoms with Gasteiger partial charge in [-0.3, -0.25) is 14.4 Å². The number of benzene rings is 2. The first-order chi connectivity index (χ1) is 16.9. The minimum Gasteiger partial charge on any atom is -0.390 e. The fourth-order valence-corrected chi connectivity index (χ4v) is 4.68. The number of carbonyl (C=O) groups excluding carboxylic acids is 3. The molecule has 1 unspecified atom stereocenters. The molecule has 8 nitrogen and oxygen atoms in total. The number of nitrogens with zero attached hydrogens (tertiary/aromatic N) is 1. The van der Waals surface area contributed by atoms with E-state index in [1.807, 2.05) is 56.3 Å². The normalized spacial score (nSPS) is 17.4. The van der Waals surface area contributed by atoms with Crippen molar-refractivity contribution in [2.24, 2.45) is 11.7 Å². The second kappa shape index (κ2) is 12.7. The third-order valence-corrected chi connectivity index (χ3v) is 6.84. The Labute approximate surface area is 207 Å². The van der Waals surface area contributed by atoms with Crippen molar-refractivity contribution >= 4 is 28.5 Å². The summed E-state index contributed by atoms with van der Waals surface area (Å²) in [6, 6.07) is 12.5. The predicted octanol–water partition coefficient (Wildman–Crippen LogP) is 1.73. The standard InChI is InChI=1S/C27H38N4O4/c1-3-19(4-2)27(35)31-13-7-10-24(31)26(34)30-23(25(33)29-17-22(32)16-28)15-18-11-12-20-8-5-6-9-21(20)14-18/h5-6,8-9,11-12,14,19,22-24,32H,3-4,7,10,13,15-17,28H2,1-2H3,(H,29,33)(H,30,34)/t22-,23+,24?/m0/s1. The molecule has 1 saturated heterocycles. The third kappa shape index (κ3) is 6.80. The maximum atomic E-state index is 13.3. The van der Waals surface area contributed by atoms with Gasteiger partial charge in [0, 0.05) is 32.0 Å². The number of aliphatic hydroxyl groups is 1. The molecule has 3 atom stereocenters. The maximum absolute atomic E-state index is 13.3. The van der Waals surface area contributed by atoms with Crippen LogP contribution in [-0.4, -0.2) is 65.5 Å². The van der Waals surface area contributed by atoms with Crippen LogP contribution in [0, 0.1) is 5.92 Å². The van der Waals surface area contributed by atoms with Crippen molar-refractivity contribution in [3.63, 3.8) is 0 Å². The Morgan fingerprint density at radius 1 is 1.11 bits per heavy atom. The minimum atomic E-state index is -0.862. The van der Waals surface area contributed by atoms with Crippen LogP contribution in [0.15, 0.2) is 42.5 Å². The molecule has 3 amide bonds. The number of hydrogen-bond acceptors (Lipinski definition) is 5. The largest absolute Gasteiger partial charge is 0.390 e. The zero-order chi connectivity index (χ0) is 25.4. The van der Waals surface area contributed by atoms with Gasteiger partial charge in [-0.2, -0.15) is 0 Å². The highest BCUT2D eigenvalue weighted by molar-refractivity contribution is 5.93. The highest BCUT2D eigenvalue weighted by Gasteiger charge is 2.37. The minimum absolute atomic E-state index is 0.00213. The molecule has 1 aliphatic rings. The Hall–Kier alpha value is -2.97. The van der Waals surface area contributed by atoms with Gasteiger partial charge in [-0.1, -0.05) is 56.3 Å². The first-order valence-electron chi connectivity index (χ1n) is 12.6. The molecule has 2 aromatic carbocycles. The van der Waals surface area contributed by atoms with Crippen molar-refractivity contribution in [3.8, 4) is 0 Å². The fourth-order valence-electron chi connectivity index (χ4n) is 4.68. The van der Waals surface area contributed by atoms with Gasteiger partial charge in [0.1, 0.15) is 12.1 Å². The monoisotopic (exact) mass is 482 g/mol. The molecule has 190 valence electrons. The lowest BCUT2D eigenvalue weighted by Gasteiger charge is -2.29. The van der Waals surface area contributed by atoms with E-state index in [2.05, 4.69) is 10.6 Å². The summed E-state index contributed by atoms with van der Waals surface area (Å²) in [6.07, 6.45) is 2.22. The van der Waals surface area contributed by atoms with Crippen molar-refractivity contribution in [2.75, 3.05) is 19.6 Å². The van der Waals surface area contributed by atoms with Crippen LogP contribution in [0.2, 0.25) is 0 Å². The summed E-state index contributed by atoms with van der Waals surface area (Å²) in [5, 5.41) is 17.5. The lowest BCUT2D eigenvalue weighted by Crippen LogP contribution is -2.55. The maximum Gasteiger partial charge on any atom is 0.243 e. The summed E-state index contributed by atoms with van der Waals surface area (Å²) in [6.45, 7) is 4.55. The van der Waals surface area contributed by atoms with Crippen LogP contribution < -0.4 is 16.4 Å². The SMILES string of the molecule is CCC(CC)C(=O)N1CCCC1C(=O)N[C@H](Cc1ccc2ccccc2c1)C(=O)NC[C@@H](O)CN. The molecule has 8 heteroatoms. The molecule has 3 rings (SSSR count). The highest BCUT2D eigenvalue weighted by atomic mass is 16.3. The van der Waals surface area contributed by atoms with Crippen molar-refractivity contribution < 1.29 is 19.5 Å². The van der Waals surface area contributed by atoms with E-state index in [4.69, 9.17) is 5.73 Å². The van der Waals surface area contributed by atoms with Gasteiger partial charge >= 0.3 is 0 Å². The molecule has 1 fully saturated rings. The van der Waals surface area contributed by atoms with E-state index in [1.165, 1.54) is 0 Å². The van der Waals surface area contributed by atoms with Gasteiger partial charge in [-0.25, -0.2) is 0 Å². The number of rotatable bonds is 11. The number of likely N-dealkylation sites (tertiary alicyclic amines) is 1. The van der Waals surface area contributed by atoms with E-state index in [0.29, 0.717) is 13.0 Å². The van der Waals surface area contributed by atoms with E-state index in [9.17, 15) is 19.5 Å². The molecule has 1 aliphatic heterocycles. The number of aliphatic hydroxyl groups excluding tert-OH is 1. The fraction of sp³-hybridized carbons (Fsp3) is 0.519. The van der Waals surface area contributed by atoms with Gasteiger partial charge in [0.15, 0.2) is 0 Å². The molecule has 5 N–H and O–H groups in total. The van der Waals surface area contributed by atoms with E-state index in [-0.39, 0.29) is 37.2 Å². The lowest BCUT2D eigenvalue weighted by atomic mass is 10.00. The predicted molar refractivity (Wildman–Crippen MR) is 136 cm³/mol. The molecular weight excluding hydrogens is 444 g/mol. The molecule has 0 aromatic heterocycles. The Kier molecular flexibility index (Phi) is 9.63. The second-order valence-corrected chi connectivity index (χ2v) is 9.28. The van der Waals surface area contributed by atoms with Crippen molar-refractivity contribution in [3.05, 3.63) is 48.0 Å². The van der Waals surface area contributed by atoms with Gasteiger partial charge in [0.05, 0.1) is 6.10 Å². The Bertz CT molecular complexity index is 1020. The van der Waals surface area contributed by atoms with Crippen LogP contribution in [0.4, 0.5) is 0 Å². The number of hydrogen-bond donors (Lipinski definition) is 4. The number of fused-ring (bicyclic) bond motifs is 1. The third-order valence-electron chi connectivity index (χ3n) is 6.84. The molecule has 0 radical (unpaired) electrons. The molecule has 35 heavy (non-hydrogen) atoms. The van der Waals surface area contributed by atoms with Crippen LogP contribution in [0.3, 0.4) is 0 Å². The van der Waals surface area contributed by atoms with Gasteiger partial charge in [-0.15, -0.1) is 0 Å². The lowest BCUT2D eigenvalue weighted by molar-refractivity contribution is -0.142. The molecule has 2 aromatic rings. The Morgan fingerprint density at radius 2 is 1.83 bits per heavy atom. The van der Waals surface area contributed by atoms with Crippen molar-refractivity contribution in [1.82, 2.24) is 15.5 Å². The zero-order valence-electron chi connectivity index (χ0n) is 20.7. The molecule has 0 aliphatic carbocycles. The number of carbonyl (C=O) groups is 3. The summed E-state index contributed by atoms with van der Waals surface area (Å²) < 4.78 is 0. The number of nitrogens with one attached hydrogen (secondary N) is 2. The van der Waals surface area contributed by atoms with Gasteiger partial charge in [0.2, 0.25) is 17.7 Å². The van der Waals surface area contributed by atoms with Gasteiger partial charge in [-0.05, 0) is 42.0 Å². The quantitative estimate of drug-likeness (QED) is 0.388. The first kappa shape index (κ1) is 26.6. The summed E-state index contributed by atoms with van der Waals surface area (Å²) in [4.78, 5) is 41.0. The summed E-state index contributed by atoms with van der Waals surface area (Å²) in [7, 11) is 0. The van der Waals surface area contributed by atoms with Crippen LogP contribution in [0.1, 0.15) is 45.1 Å². The van der Waals surface area contributed by atoms with Crippen LogP contribution in [0.5, 0.6) is 0 Å². The molecule has 0 spiro atoms. The number of amides is 3. The summed E-state index contributed by atoms with van der Waals surface area (Å²) in [5.74, 6) is -0.802. The van der Waals surface area contributed by atoms with E-state index in [0.717, 1.165) is 35.6 Å². The van der Waals surface area contributed by atoms with Crippen molar-refractivity contribution in [1.29, 1.82) is 0 Å². The molecule has 1 heterocycles. The average Bonchev–Trinajstić information content (AvgIpc) is 3.37. The Balaban J connectivity index is 1.77. The summed E-state index contributed by atoms with van der Waals surface area (Å²) >= 11 is 0. The van der Waals surface area contributed by atoms with Crippen LogP contribution >= 0.6 is 0 Å². The first-order valence-corrected chi connectivity index (χ1v) is 12.6. The van der Waals surface area contributed by atoms with Gasteiger partial charge in [0.25, 0.3) is 0 Å². The van der Waals surface area contributed by atoms with E-state index in [1.54, 1.807) is 4.90 Å². The number of nitrogens with two attached hydrogens (primary N) is 1. The zero-order valence-corrected chi connectivity index (χ0v) is 20.7. The van der Waals surface area contributed by atoms with Crippen LogP contribution in [0.25, 0.3) is 10.8 Å². The second-order valence-electron chi connectivity index (χ2n) is 9.28. The Morgan fingerprint density at radius 3 is 2.51 bits per heavy atom. The summed E-state index contributed by atoms with van der Waals surface area (Å²) in [5.41, 5.74) is 6.36. The topological polar surface area (TPSA) is 125 Å².